The van der Waals surface area contributed by atoms with Gasteiger partial charge in [-0.3, -0.25) is 10.1 Å². The second kappa shape index (κ2) is 17.2. The van der Waals surface area contributed by atoms with Crippen LogP contribution in [0.25, 0.3) is 0 Å². The Morgan fingerprint density at radius 1 is 0.558 bits per heavy atom. The quantitative estimate of drug-likeness (QED) is 0.0827. The van der Waals surface area contributed by atoms with Gasteiger partial charge in [0.2, 0.25) is 5.91 Å². The predicted octanol–water partition coefficient (Wildman–Crippen LogP) is 8.73. The van der Waals surface area contributed by atoms with Gasteiger partial charge < -0.3 is 10.1 Å². The molecule has 6 rings (SSSR count). The number of ether oxygens (including phenoxy) is 1. The number of amides is 1. The van der Waals surface area contributed by atoms with Crippen molar-refractivity contribution < 1.29 is 14.3 Å². The number of nitrogens with one attached hydrogen (secondary N) is 2. The molecule has 0 aliphatic carbocycles. The Morgan fingerprint density at radius 2 is 0.885 bits per heavy atom. The average Bonchev–Trinajstić information content (AvgIpc) is 3.21. The maximum absolute atomic E-state index is 14.8. The van der Waals surface area contributed by atoms with Gasteiger partial charge in [-0.05, 0) is 47.2 Å². The van der Waals surface area contributed by atoms with Crippen LogP contribution in [-0.2, 0) is 24.6 Å². The predicted molar refractivity (Wildman–Crippen MR) is 212 cm³/mol. The van der Waals surface area contributed by atoms with E-state index in [0.717, 1.165) is 33.4 Å². The van der Waals surface area contributed by atoms with Gasteiger partial charge in [0.05, 0.1) is 22.9 Å². The number of benzene rings is 6. The lowest BCUT2D eigenvalue weighted by Crippen LogP contribution is -2.58. The van der Waals surface area contributed by atoms with Gasteiger partial charge in [-0.15, -0.1) is 11.8 Å². The Labute approximate surface area is 311 Å². The zero-order chi connectivity index (χ0) is 36.2. The van der Waals surface area contributed by atoms with Crippen LogP contribution in [0.15, 0.2) is 182 Å². The summed E-state index contributed by atoms with van der Waals surface area (Å²) in [6.07, 6.45) is 0. The van der Waals surface area contributed by atoms with Crippen LogP contribution in [0.1, 0.15) is 47.2 Å². The van der Waals surface area contributed by atoms with Crippen LogP contribution in [0, 0.1) is 0 Å². The summed E-state index contributed by atoms with van der Waals surface area (Å²) in [5, 5.41) is 6.94. The molecule has 0 unspecified atom stereocenters. The minimum atomic E-state index is -0.936. The molecular formula is C46H44N2O3S. The maximum Gasteiger partial charge on any atom is 0.328 e. The fourth-order valence-corrected chi connectivity index (χ4v) is 8.44. The monoisotopic (exact) mass is 704 g/mol. The third kappa shape index (κ3) is 7.74. The first-order valence-corrected chi connectivity index (χ1v) is 18.7. The molecule has 2 atom stereocenters. The van der Waals surface area contributed by atoms with Crippen LogP contribution < -0.4 is 10.6 Å². The lowest BCUT2D eigenvalue weighted by atomic mass is 9.76. The summed E-state index contributed by atoms with van der Waals surface area (Å²) in [4.78, 5) is 27.6. The van der Waals surface area contributed by atoms with E-state index in [2.05, 4.69) is 120 Å². The summed E-state index contributed by atoms with van der Waals surface area (Å²) in [5.41, 5.74) is 5.29. The molecule has 0 aliphatic rings. The van der Waals surface area contributed by atoms with Crippen molar-refractivity contribution in [3.8, 4) is 0 Å². The number of hydrogen-bond acceptors (Lipinski definition) is 5. The normalized spacial score (nSPS) is 12.7. The van der Waals surface area contributed by atoms with Crippen molar-refractivity contribution in [2.75, 3.05) is 12.4 Å². The Bertz CT molecular complexity index is 1800. The van der Waals surface area contributed by atoms with E-state index in [-0.39, 0.29) is 12.5 Å². The molecule has 0 fully saturated rings. The van der Waals surface area contributed by atoms with Crippen molar-refractivity contribution in [3.63, 3.8) is 0 Å². The van der Waals surface area contributed by atoms with Crippen molar-refractivity contribution >= 4 is 23.6 Å². The van der Waals surface area contributed by atoms with Crippen molar-refractivity contribution in [3.05, 3.63) is 215 Å². The van der Waals surface area contributed by atoms with Crippen LogP contribution >= 0.6 is 11.8 Å². The van der Waals surface area contributed by atoms with E-state index in [9.17, 15) is 9.59 Å². The molecule has 0 radical (unpaired) electrons. The van der Waals surface area contributed by atoms with Crippen molar-refractivity contribution in [2.45, 2.75) is 36.2 Å². The van der Waals surface area contributed by atoms with E-state index in [4.69, 9.17) is 4.74 Å². The van der Waals surface area contributed by atoms with Gasteiger partial charge >= 0.3 is 5.97 Å². The molecule has 0 aromatic heterocycles. The zero-order valence-corrected chi connectivity index (χ0v) is 30.3. The van der Waals surface area contributed by atoms with Crippen molar-refractivity contribution in [2.24, 2.45) is 0 Å². The summed E-state index contributed by atoms with van der Waals surface area (Å²) in [6, 6.07) is 60.4. The van der Waals surface area contributed by atoms with Crippen molar-refractivity contribution in [1.82, 2.24) is 10.6 Å². The molecule has 0 aliphatic heterocycles. The van der Waals surface area contributed by atoms with Crippen LogP contribution in [0.4, 0.5) is 0 Å². The Morgan fingerprint density at radius 3 is 1.21 bits per heavy atom. The van der Waals surface area contributed by atoms with Crippen LogP contribution in [0.2, 0.25) is 0 Å². The van der Waals surface area contributed by atoms with Crippen LogP contribution in [0.3, 0.4) is 0 Å². The van der Waals surface area contributed by atoms with Crippen molar-refractivity contribution in [1.29, 1.82) is 0 Å². The summed E-state index contributed by atoms with van der Waals surface area (Å²) in [7, 11) is 0. The molecule has 6 heteroatoms. The number of carbonyl (C=O) groups excluding carboxylic acids is 2. The summed E-state index contributed by atoms with van der Waals surface area (Å²) < 4.78 is 4.63. The molecule has 0 spiro atoms. The van der Waals surface area contributed by atoms with Gasteiger partial charge in [-0.1, -0.05) is 182 Å². The number of thioether (sulfide) groups is 1. The number of esters is 1. The minimum absolute atomic E-state index is 0.226. The number of rotatable bonds is 15. The smallest absolute Gasteiger partial charge is 0.328 e. The second-order valence-electron chi connectivity index (χ2n) is 12.6. The highest BCUT2D eigenvalue weighted by Crippen LogP contribution is 2.49. The first-order chi connectivity index (χ1) is 25.5. The zero-order valence-electron chi connectivity index (χ0n) is 29.5. The van der Waals surface area contributed by atoms with Gasteiger partial charge in [0, 0.05) is 5.75 Å². The highest BCUT2D eigenvalue weighted by Gasteiger charge is 2.43. The van der Waals surface area contributed by atoms with E-state index in [1.54, 1.807) is 25.6 Å². The standard InChI is InChI=1S/C46H44N2O3S/c1-3-51-44(50)35(2)47-43(49)42(48-45(36-22-10-4-11-23-36,37-24-12-5-13-25-37)38-26-14-6-15-27-38)34-52-46(39-28-16-7-17-29-39,40-30-18-8-19-31-40)41-32-20-9-21-33-41/h4-33,35,42,48H,3,34H2,1-2H3,(H,47,49)/t35-,42+/m1/s1. The van der Waals surface area contributed by atoms with Gasteiger partial charge in [0.25, 0.3) is 0 Å². The first-order valence-electron chi connectivity index (χ1n) is 17.7. The van der Waals surface area contributed by atoms with Crippen LogP contribution in [-0.4, -0.2) is 36.3 Å². The van der Waals surface area contributed by atoms with E-state index < -0.39 is 28.3 Å². The number of carbonyl (C=O) groups is 2. The first kappa shape index (κ1) is 36.4. The Hall–Kier alpha value is -5.43. The van der Waals surface area contributed by atoms with E-state index in [1.165, 1.54) is 0 Å². The largest absolute Gasteiger partial charge is 0.464 e. The molecule has 5 nitrogen and oxygen atoms in total. The topological polar surface area (TPSA) is 67.4 Å². The third-order valence-corrected chi connectivity index (χ3v) is 11.0. The van der Waals surface area contributed by atoms with Crippen LogP contribution in [0.5, 0.6) is 0 Å². The Balaban J connectivity index is 1.53. The van der Waals surface area contributed by atoms with Gasteiger partial charge in [-0.25, -0.2) is 4.79 Å². The minimum Gasteiger partial charge on any atom is -0.464 e. The second-order valence-corrected chi connectivity index (χ2v) is 13.9. The highest BCUT2D eigenvalue weighted by molar-refractivity contribution is 8.00. The molecule has 1 amide bonds. The molecule has 2 N–H and O–H groups in total. The molecule has 0 bridgehead atoms. The molecule has 0 saturated heterocycles. The fourth-order valence-electron chi connectivity index (χ4n) is 6.88. The molecule has 0 heterocycles. The average molecular weight is 705 g/mol. The van der Waals surface area contributed by atoms with E-state index in [0.29, 0.717) is 5.75 Å². The summed E-state index contributed by atoms with van der Waals surface area (Å²) in [6.45, 7) is 3.66. The molecular weight excluding hydrogens is 661 g/mol. The lowest BCUT2D eigenvalue weighted by molar-refractivity contribution is -0.147. The summed E-state index contributed by atoms with van der Waals surface area (Å²) in [5.74, 6) is -0.438. The van der Waals surface area contributed by atoms with E-state index in [1.807, 2.05) is 72.8 Å². The molecule has 6 aromatic carbocycles. The van der Waals surface area contributed by atoms with Gasteiger partial charge in [0.15, 0.2) is 0 Å². The molecule has 52 heavy (non-hydrogen) atoms. The van der Waals surface area contributed by atoms with E-state index >= 15 is 0 Å². The summed E-state index contributed by atoms with van der Waals surface area (Å²) >= 11 is 1.70. The maximum atomic E-state index is 14.8. The Kier molecular flexibility index (Phi) is 12.0. The molecule has 6 aromatic rings. The highest BCUT2D eigenvalue weighted by atomic mass is 32.2. The number of hydrogen-bond donors (Lipinski definition) is 2. The SMILES string of the molecule is CCOC(=O)[C@@H](C)NC(=O)[C@H](CSC(c1ccccc1)(c1ccccc1)c1ccccc1)NC(c1ccccc1)(c1ccccc1)c1ccccc1. The van der Waals surface area contributed by atoms with Gasteiger partial charge in [-0.2, -0.15) is 0 Å². The lowest BCUT2D eigenvalue weighted by Gasteiger charge is -2.41. The van der Waals surface area contributed by atoms with Gasteiger partial charge in [0.1, 0.15) is 6.04 Å². The third-order valence-electron chi connectivity index (χ3n) is 9.33. The molecule has 0 saturated carbocycles. The fraction of sp³-hybridized carbons (Fsp3) is 0.174. The molecule has 262 valence electrons.